The SMILES string of the molecule is C=CCCCOc1cnc(C(=O)O)cn1. The molecule has 0 atom stereocenters. The second-order valence-corrected chi connectivity index (χ2v) is 2.82. The van der Waals surface area contributed by atoms with Gasteiger partial charge in [0.2, 0.25) is 5.88 Å². The number of hydrogen-bond donors (Lipinski definition) is 1. The molecule has 1 N–H and O–H groups in total. The van der Waals surface area contributed by atoms with Gasteiger partial charge in [-0.25, -0.2) is 14.8 Å². The molecule has 1 aromatic heterocycles. The Labute approximate surface area is 87.4 Å². The number of carbonyl (C=O) groups is 1. The molecule has 5 nitrogen and oxygen atoms in total. The highest BCUT2D eigenvalue weighted by Gasteiger charge is 2.04. The molecule has 15 heavy (non-hydrogen) atoms. The van der Waals surface area contributed by atoms with Crippen LogP contribution in [0.4, 0.5) is 0 Å². The van der Waals surface area contributed by atoms with Gasteiger partial charge in [0.1, 0.15) is 0 Å². The van der Waals surface area contributed by atoms with Crippen LogP contribution in [0.2, 0.25) is 0 Å². The largest absolute Gasteiger partial charge is 0.477 e. The highest BCUT2D eigenvalue weighted by atomic mass is 16.5. The van der Waals surface area contributed by atoms with Crippen LogP contribution in [0.15, 0.2) is 25.0 Å². The van der Waals surface area contributed by atoms with Crippen molar-refractivity contribution in [2.75, 3.05) is 6.61 Å². The Kier molecular flexibility index (Phi) is 4.28. The van der Waals surface area contributed by atoms with Gasteiger partial charge in [0.15, 0.2) is 5.69 Å². The first-order valence-electron chi connectivity index (χ1n) is 4.53. The number of rotatable bonds is 6. The third-order valence-electron chi connectivity index (χ3n) is 1.65. The quantitative estimate of drug-likeness (QED) is 0.566. The first-order valence-corrected chi connectivity index (χ1v) is 4.53. The van der Waals surface area contributed by atoms with Crippen molar-refractivity contribution in [3.63, 3.8) is 0 Å². The van der Waals surface area contributed by atoms with Gasteiger partial charge in [-0.2, -0.15) is 0 Å². The molecule has 0 fully saturated rings. The molecule has 0 bridgehead atoms. The molecule has 0 radical (unpaired) electrons. The molecule has 0 aliphatic heterocycles. The van der Waals surface area contributed by atoms with Crippen LogP contribution >= 0.6 is 0 Å². The van der Waals surface area contributed by atoms with Crippen LogP contribution in [0.1, 0.15) is 23.3 Å². The van der Waals surface area contributed by atoms with E-state index >= 15 is 0 Å². The van der Waals surface area contributed by atoms with Crippen LogP contribution in [0.25, 0.3) is 0 Å². The average Bonchev–Trinajstić information content (AvgIpc) is 2.25. The van der Waals surface area contributed by atoms with E-state index in [9.17, 15) is 4.79 Å². The van der Waals surface area contributed by atoms with Crippen LogP contribution < -0.4 is 4.74 Å². The molecular weight excluding hydrogens is 196 g/mol. The molecule has 1 heterocycles. The van der Waals surface area contributed by atoms with Crippen molar-refractivity contribution in [3.05, 3.63) is 30.7 Å². The van der Waals surface area contributed by atoms with E-state index in [0.29, 0.717) is 12.5 Å². The van der Waals surface area contributed by atoms with Gasteiger partial charge in [0, 0.05) is 0 Å². The maximum absolute atomic E-state index is 10.5. The highest BCUT2D eigenvalue weighted by molar-refractivity contribution is 5.84. The molecule has 80 valence electrons. The van der Waals surface area contributed by atoms with Gasteiger partial charge in [0.05, 0.1) is 19.0 Å². The zero-order valence-electron chi connectivity index (χ0n) is 8.22. The minimum atomic E-state index is -1.10. The summed E-state index contributed by atoms with van der Waals surface area (Å²) in [7, 11) is 0. The zero-order valence-corrected chi connectivity index (χ0v) is 8.22. The van der Waals surface area contributed by atoms with Crippen LogP contribution in [0.5, 0.6) is 5.88 Å². The van der Waals surface area contributed by atoms with Crippen LogP contribution in [-0.2, 0) is 0 Å². The normalized spacial score (nSPS) is 9.60. The lowest BCUT2D eigenvalue weighted by atomic mass is 10.3. The molecule has 0 aliphatic rings. The lowest BCUT2D eigenvalue weighted by Crippen LogP contribution is -2.03. The summed E-state index contributed by atoms with van der Waals surface area (Å²) in [4.78, 5) is 17.9. The Hall–Kier alpha value is -1.91. The molecule has 0 saturated heterocycles. The second kappa shape index (κ2) is 5.74. The topological polar surface area (TPSA) is 72.3 Å². The number of allylic oxidation sites excluding steroid dienone is 1. The number of ether oxygens (including phenoxy) is 1. The summed E-state index contributed by atoms with van der Waals surface area (Å²) in [5.41, 5.74) is -0.0894. The van der Waals surface area contributed by atoms with E-state index in [2.05, 4.69) is 16.5 Å². The minimum Gasteiger partial charge on any atom is -0.477 e. The molecule has 0 saturated carbocycles. The number of nitrogens with zero attached hydrogens (tertiary/aromatic N) is 2. The van der Waals surface area contributed by atoms with Crippen molar-refractivity contribution in [2.45, 2.75) is 12.8 Å². The molecule has 0 spiro atoms. The zero-order chi connectivity index (χ0) is 11.1. The number of aromatic carboxylic acids is 1. The Morgan fingerprint density at radius 1 is 1.53 bits per heavy atom. The number of aromatic nitrogens is 2. The standard InChI is InChI=1S/C10H12N2O3/c1-2-3-4-5-15-9-7-11-8(6-12-9)10(13)14/h2,6-7H,1,3-5H2,(H,13,14). The molecule has 0 amide bonds. The van der Waals surface area contributed by atoms with E-state index < -0.39 is 5.97 Å². The van der Waals surface area contributed by atoms with Crippen molar-refractivity contribution in [1.82, 2.24) is 9.97 Å². The Balaban J connectivity index is 2.42. The predicted octanol–water partition coefficient (Wildman–Crippen LogP) is 1.52. The van der Waals surface area contributed by atoms with Crippen molar-refractivity contribution in [3.8, 4) is 5.88 Å². The van der Waals surface area contributed by atoms with Gasteiger partial charge in [-0.05, 0) is 12.8 Å². The van der Waals surface area contributed by atoms with E-state index in [1.807, 2.05) is 6.08 Å². The summed E-state index contributed by atoms with van der Waals surface area (Å²) in [5.74, 6) is -0.759. The van der Waals surface area contributed by atoms with E-state index in [1.54, 1.807) is 0 Å². The van der Waals surface area contributed by atoms with Crippen LogP contribution in [0.3, 0.4) is 0 Å². The summed E-state index contributed by atoms with van der Waals surface area (Å²) in [6, 6.07) is 0. The third kappa shape index (κ3) is 3.76. The van der Waals surface area contributed by atoms with Crippen molar-refractivity contribution in [1.29, 1.82) is 0 Å². The van der Waals surface area contributed by atoms with E-state index in [0.717, 1.165) is 12.8 Å². The number of unbranched alkanes of at least 4 members (excludes halogenated alkanes) is 1. The van der Waals surface area contributed by atoms with Gasteiger partial charge in [-0.1, -0.05) is 6.08 Å². The fourth-order valence-corrected chi connectivity index (χ4v) is 0.906. The maximum atomic E-state index is 10.5. The first kappa shape index (κ1) is 11.2. The van der Waals surface area contributed by atoms with Crippen LogP contribution in [0, 0.1) is 0 Å². The van der Waals surface area contributed by atoms with Gasteiger partial charge in [-0.15, -0.1) is 6.58 Å². The molecule has 1 aromatic rings. The Morgan fingerprint density at radius 2 is 2.33 bits per heavy atom. The van der Waals surface area contributed by atoms with Crippen molar-refractivity contribution in [2.24, 2.45) is 0 Å². The summed E-state index contributed by atoms with van der Waals surface area (Å²) in [5, 5.41) is 8.57. The highest BCUT2D eigenvalue weighted by Crippen LogP contribution is 2.04. The number of carboxylic acid groups (broad SMARTS) is 1. The maximum Gasteiger partial charge on any atom is 0.356 e. The van der Waals surface area contributed by atoms with Gasteiger partial charge >= 0.3 is 5.97 Å². The molecule has 0 aromatic carbocycles. The summed E-state index contributed by atoms with van der Waals surface area (Å²) >= 11 is 0. The third-order valence-corrected chi connectivity index (χ3v) is 1.65. The molecule has 0 aliphatic carbocycles. The fourth-order valence-electron chi connectivity index (χ4n) is 0.906. The molecule has 5 heteroatoms. The van der Waals surface area contributed by atoms with E-state index in [4.69, 9.17) is 9.84 Å². The van der Waals surface area contributed by atoms with Gasteiger partial charge in [0.25, 0.3) is 0 Å². The smallest absolute Gasteiger partial charge is 0.356 e. The lowest BCUT2D eigenvalue weighted by molar-refractivity contribution is 0.0690. The molecule has 0 unspecified atom stereocenters. The number of carboxylic acids is 1. The predicted molar refractivity (Wildman–Crippen MR) is 53.9 cm³/mol. The molecule has 1 rings (SSSR count). The minimum absolute atomic E-state index is 0.0894. The fraction of sp³-hybridized carbons (Fsp3) is 0.300. The molecular formula is C10H12N2O3. The Bertz CT molecular complexity index is 335. The Morgan fingerprint density at radius 3 is 2.87 bits per heavy atom. The first-order chi connectivity index (χ1) is 7.24. The van der Waals surface area contributed by atoms with Crippen LogP contribution in [-0.4, -0.2) is 27.7 Å². The monoisotopic (exact) mass is 208 g/mol. The summed E-state index contributed by atoms with van der Waals surface area (Å²) in [6.45, 7) is 4.11. The lowest BCUT2D eigenvalue weighted by Gasteiger charge is -2.02. The van der Waals surface area contributed by atoms with Crippen molar-refractivity contribution >= 4 is 5.97 Å². The number of hydrogen-bond acceptors (Lipinski definition) is 4. The van der Waals surface area contributed by atoms with Gasteiger partial charge < -0.3 is 9.84 Å². The summed E-state index contributed by atoms with van der Waals surface area (Å²) in [6.07, 6.45) is 6.01. The van der Waals surface area contributed by atoms with E-state index in [1.165, 1.54) is 12.4 Å². The average molecular weight is 208 g/mol. The van der Waals surface area contributed by atoms with E-state index in [-0.39, 0.29) is 5.69 Å². The summed E-state index contributed by atoms with van der Waals surface area (Å²) < 4.78 is 5.23. The van der Waals surface area contributed by atoms with Gasteiger partial charge in [-0.3, -0.25) is 0 Å². The second-order valence-electron chi connectivity index (χ2n) is 2.82. The van der Waals surface area contributed by atoms with Crippen molar-refractivity contribution < 1.29 is 14.6 Å².